The lowest BCUT2D eigenvalue weighted by molar-refractivity contribution is 1.33. The second-order valence-electron chi connectivity index (χ2n) is 3.70. The van der Waals surface area contributed by atoms with Gasteiger partial charge in [0.2, 0.25) is 0 Å². The lowest BCUT2D eigenvalue weighted by Crippen LogP contribution is -2.27. The lowest BCUT2D eigenvalue weighted by atomic mass is 10.5. The molecule has 11 heavy (non-hydrogen) atoms. The van der Waals surface area contributed by atoms with E-state index in [0.29, 0.717) is 0 Å². The van der Waals surface area contributed by atoms with Gasteiger partial charge >= 0.3 is 0 Å². The van der Waals surface area contributed by atoms with Crippen molar-refractivity contribution in [1.29, 1.82) is 0 Å². The second-order valence-corrected chi connectivity index (χ2v) is 8.52. The Balaban J connectivity index is 2.64. The highest BCUT2D eigenvalue weighted by atomic mass is 28.3. The van der Waals surface area contributed by atoms with Gasteiger partial charge in [0.25, 0.3) is 0 Å². The molecule has 1 aliphatic rings. The summed E-state index contributed by atoms with van der Waals surface area (Å²) in [6.07, 6.45) is 9.95. The first-order valence-electron chi connectivity index (χ1n) is 4.14. The van der Waals surface area contributed by atoms with Crippen molar-refractivity contribution in [2.24, 2.45) is 0 Å². The maximum absolute atomic E-state index is 3.80. The summed E-state index contributed by atoms with van der Waals surface area (Å²) >= 11 is 0. The van der Waals surface area contributed by atoms with Gasteiger partial charge in [-0.1, -0.05) is 42.6 Å². The number of hydrogen-bond acceptors (Lipinski definition) is 0. The molecule has 1 rings (SSSR count). The van der Waals surface area contributed by atoms with E-state index in [2.05, 4.69) is 44.0 Å². The minimum absolute atomic E-state index is 1.09. The third kappa shape index (κ3) is 1.93. The van der Waals surface area contributed by atoms with E-state index in [4.69, 9.17) is 0 Å². The predicted octanol–water partition coefficient (Wildman–Crippen LogP) is 3.31. The Hall–Kier alpha value is -0.563. The van der Waals surface area contributed by atoms with Gasteiger partial charge < -0.3 is 0 Å². The Morgan fingerprint density at radius 3 is 2.82 bits per heavy atom. The van der Waals surface area contributed by atoms with Crippen LogP contribution in [0.2, 0.25) is 19.1 Å². The van der Waals surface area contributed by atoms with Gasteiger partial charge in [0.15, 0.2) is 0 Å². The number of rotatable bonds is 3. The molecule has 0 aromatic carbocycles. The normalized spacial score (nSPS) is 16.7. The first kappa shape index (κ1) is 8.53. The molecule has 0 N–H and O–H groups in total. The highest BCUT2D eigenvalue weighted by Gasteiger charge is 2.23. The molecule has 0 unspecified atom stereocenters. The van der Waals surface area contributed by atoms with Crippen LogP contribution in [-0.2, 0) is 0 Å². The smallest absolute Gasteiger partial charge is 0.0795 e. The zero-order valence-electron chi connectivity index (χ0n) is 7.43. The maximum atomic E-state index is 3.80. The molecule has 0 spiro atoms. The quantitative estimate of drug-likeness (QED) is 0.443. The fourth-order valence-corrected chi connectivity index (χ4v) is 3.64. The van der Waals surface area contributed by atoms with Gasteiger partial charge in [0.1, 0.15) is 0 Å². The van der Waals surface area contributed by atoms with E-state index in [1.54, 1.807) is 5.20 Å². The van der Waals surface area contributed by atoms with Gasteiger partial charge in [0.05, 0.1) is 8.07 Å². The van der Waals surface area contributed by atoms with Crippen LogP contribution in [0.3, 0.4) is 0 Å². The summed E-state index contributed by atoms with van der Waals surface area (Å²) in [6, 6.07) is 1.21. The molecule has 1 heteroatoms. The van der Waals surface area contributed by atoms with Crippen LogP contribution in [-0.4, -0.2) is 8.07 Å². The van der Waals surface area contributed by atoms with Crippen molar-refractivity contribution in [3.8, 4) is 0 Å². The molecule has 0 saturated heterocycles. The molecule has 0 radical (unpaired) electrons. The molecule has 0 heterocycles. The van der Waals surface area contributed by atoms with E-state index in [-0.39, 0.29) is 0 Å². The molecule has 0 bridgehead atoms. The van der Waals surface area contributed by atoms with Gasteiger partial charge in [-0.25, -0.2) is 0 Å². The summed E-state index contributed by atoms with van der Waals surface area (Å²) in [6.45, 7) is 8.62. The van der Waals surface area contributed by atoms with Gasteiger partial charge in [-0.3, -0.25) is 0 Å². The summed E-state index contributed by atoms with van der Waals surface area (Å²) in [5.41, 5.74) is 0. The van der Waals surface area contributed by atoms with Crippen LogP contribution < -0.4 is 0 Å². The van der Waals surface area contributed by atoms with Crippen molar-refractivity contribution in [2.45, 2.75) is 25.6 Å². The fraction of sp³-hybridized carbons (Fsp3) is 0.400. The topological polar surface area (TPSA) is 0 Å². The van der Waals surface area contributed by atoms with Crippen LogP contribution in [0, 0.1) is 0 Å². The van der Waals surface area contributed by atoms with Gasteiger partial charge in [-0.05, 0) is 12.5 Å². The Kier molecular flexibility index (Phi) is 2.50. The molecular weight excluding hydrogens is 148 g/mol. The first-order chi connectivity index (χ1) is 5.17. The van der Waals surface area contributed by atoms with Gasteiger partial charge in [0, 0.05) is 0 Å². The van der Waals surface area contributed by atoms with E-state index in [9.17, 15) is 0 Å². The van der Waals surface area contributed by atoms with Crippen molar-refractivity contribution >= 4 is 8.07 Å². The van der Waals surface area contributed by atoms with Crippen molar-refractivity contribution in [1.82, 2.24) is 0 Å². The van der Waals surface area contributed by atoms with Crippen LogP contribution in [0.1, 0.15) is 6.42 Å². The summed E-state index contributed by atoms with van der Waals surface area (Å²) in [5.74, 6) is 0. The van der Waals surface area contributed by atoms with Crippen molar-refractivity contribution in [3.63, 3.8) is 0 Å². The molecule has 0 atom stereocenters. The molecule has 60 valence electrons. The molecule has 0 aromatic rings. The number of hydrogen-bond donors (Lipinski definition) is 0. The Morgan fingerprint density at radius 1 is 1.64 bits per heavy atom. The van der Waals surface area contributed by atoms with Crippen molar-refractivity contribution in [2.75, 3.05) is 0 Å². The van der Waals surface area contributed by atoms with E-state index in [1.165, 1.54) is 12.5 Å². The molecule has 1 aliphatic carbocycles. The molecular formula is C10H16Si. The summed E-state index contributed by atoms with van der Waals surface area (Å²) in [5, 5.41) is 1.66. The Bertz CT molecular complexity index is 209. The van der Waals surface area contributed by atoms with Crippen LogP contribution >= 0.6 is 0 Å². The van der Waals surface area contributed by atoms with Crippen LogP contribution in [0.4, 0.5) is 0 Å². The maximum Gasteiger partial charge on any atom is 0.0795 e. The lowest BCUT2D eigenvalue weighted by Gasteiger charge is -2.21. The van der Waals surface area contributed by atoms with Crippen molar-refractivity contribution < 1.29 is 0 Å². The van der Waals surface area contributed by atoms with E-state index in [1.807, 2.05) is 0 Å². The average Bonchev–Trinajstić information content (AvgIpc) is 2.37. The summed E-state index contributed by atoms with van der Waals surface area (Å²) in [4.78, 5) is 0. The molecule has 0 amide bonds. The fourth-order valence-electron chi connectivity index (χ4n) is 1.44. The third-order valence-electron chi connectivity index (χ3n) is 2.30. The minimum atomic E-state index is -1.09. The predicted molar refractivity (Wildman–Crippen MR) is 54.3 cm³/mol. The summed E-state index contributed by atoms with van der Waals surface area (Å²) in [7, 11) is -1.09. The molecule has 0 fully saturated rings. The monoisotopic (exact) mass is 164 g/mol. The largest absolute Gasteiger partial charge is 0.103 e. The number of allylic oxidation sites excluding steroid dienone is 5. The zero-order chi connectivity index (χ0) is 8.32. The van der Waals surface area contributed by atoms with Gasteiger partial charge in [-0.2, -0.15) is 0 Å². The standard InChI is InChI=1S/C10H16Si/c1-4-9-11(2,3)10-7-5-6-8-10/h4-7H,1,8-9H2,2-3H3. The van der Waals surface area contributed by atoms with Crippen LogP contribution in [0.25, 0.3) is 0 Å². The second kappa shape index (κ2) is 3.22. The molecule has 0 nitrogen and oxygen atoms in total. The average molecular weight is 164 g/mol. The van der Waals surface area contributed by atoms with E-state index in [0.717, 1.165) is 0 Å². The highest BCUT2D eigenvalue weighted by Crippen LogP contribution is 2.26. The molecule has 0 aliphatic heterocycles. The van der Waals surface area contributed by atoms with Crippen molar-refractivity contribution in [3.05, 3.63) is 36.1 Å². The third-order valence-corrected chi connectivity index (χ3v) is 5.71. The minimum Gasteiger partial charge on any atom is -0.103 e. The van der Waals surface area contributed by atoms with E-state index < -0.39 is 8.07 Å². The van der Waals surface area contributed by atoms with E-state index >= 15 is 0 Å². The summed E-state index contributed by atoms with van der Waals surface area (Å²) < 4.78 is 0. The van der Waals surface area contributed by atoms with Crippen LogP contribution in [0.5, 0.6) is 0 Å². The SMILES string of the molecule is C=CC[Si](C)(C)C1=CC=CC1. The molecule has 0 aromatic heterocycles. The Morgan fingerprint density at radius 2 is 2.36 bits per heavy atom. The Labute approximate surface area is 70.3 Å². The molecule has 0 saturated carbocycles. The van der Waals surface area contributed by atoms with Crippen LogP contribution in [0.15, 0.2) is 36.1 Å². The zero-order valence-corrected chi connectivity index (χ0v) is 8.43. The van der Waals surface area contributed by atoms with Gasteiger partial charge in [-0.15, -0.1) is 6.58 Å². The first-order valence-corrected chi connectivity index (χ1v) is 7.34. The highest BCUT2D eigenvalue weighted by molar-refractivity contribution is 6.84.